The van der Waals surface area contributed by atoms with Crippen molar-refractivity contribution in [3.05, 3.63) is 0 Å². The standard InChI is InChI=1S/C17H34N2O3/c1-11(2)18-16(20)10-9-15(17(21)22-14(7)8)19(12(3)4)13(5)6/h11-15H,9-10H2,1-8H3,(H,18,20). The van der Waals surface area contributed by atoms with Gasteiger partial charge < -0.3 is 10.1 Å². The van der Waals surface area contributed by atoms with Crippen molar-refractivity contribution in [2.45, 2.75) is 98.5 Å². The Hall–Kier alpha value is -1.10. The smallest absolute Gasteiger partial charge is 0.323 e. The number of nitrogens with zero attached hydrogens (tertiary/aromatic N) is 1. The average Bonchev–Trinajstić information content (AvgIpc) is 2.30. The first-order chi connectivity index (χ1) is 10.1. The lowest BCUT2D eigenvalue weighted by molar-refractivity contribution is -0.156. The van der Waals surface area contributed by atoms with E-state index in [0.717, 1.165) is 0 Å². The summed E-state index contributed by atoms with van der Waals surface area (Å²) in [4.78, 5) is 26.4. The van der Waals surface area contributed by atoms with E-state index < -0.39 is 0 Å². The fraction of sp³-hybridized carbons (Fsp3) is 0.882. The molecule has 0 radical (unpaired) electrons. The summed E-state index contributed by atoms with van der Waals surface area (Å²) in [5, 5.41) is 2.87. The van der Waals surface area contributed by atoms with E-state index in [1.807, 2.05) is 27.7 Å². The third-order valence-electron chi connectivity index (χ3n) is 3.27. The zero-order valence-electron chi connectivity index (χ0n) is 15.5. The molecule has 0 bridgehead atoms. The van der Waals surface area contributed by atoms with E-state index in [2.05, 4.69) is 37.9 Å². The highest BCUT2D eigenvalue weighted by Crippen LogP contribution is 2.17. The molecule has 130 valence electrons. The van der Waals surface area contributed by atoms with E-state index >= 15 is 0 Å². The van der Waals surface area contributed by atoms with Crippen molar-refractivity contribution in [2.75, 3.05) is 0 Å². The number of ether oxygens (including phenoxy) is 1. The number of carbonyl (C=O) groups is 2. The van der Waals surface area contributed by atoms with Crippen LogP contribution >= 0.6 is 0 Å². The number of amides is 1. The first-order valence-corrected chi connectivity index (χ1v) is 8.33. The molecule has 0 aromatic heterocycles. The van der Waals surface area contributed by atoms with Gasteiger partial charge in [-0.1, -0.05) is 0 Å². The molecule has 1 unspecified atom stereocenters. The first-order valence-electron chi connectivity index (χ1n) is 8.33. The van der Waals surface area contributed by atoms with Gasteiger partial charge in [0.25, 0.3) is 0 Å². The molecule has 0 fully saturated rings. The van der Waals surface area contributed by atoms with Crippen LogP contribution in [0.2, 0.25) is 0 Å². The van der Waals surface area contributed by atoms with Crippen LogP contribution in [0.25, 0.3) is 0 Å². The third-order valence-corrected chi connectivity index (χ3v) is 3.27. The molecule has 0 rings (SSSR count). The lowest BCUT2D eigenvalue weighted by atomic mass is 10.0. The summed E-state index contributed by atoms with van der Waals surface area (Å²) in [6.45, 7) is 15.8. The van der Waals surface area contributed by atoms with Crippen LogP contribution in [0.5, 0.6) is 0 Å². The van der Waals surface area contributed by atoms with E-state index in [-0.39, 0.29) is 42.1 Å². The van der Waals surface area contributed by atoms with Crippen molar-refractivity contribution in [1.29, 1.82) is 0 Å². The SMILES string of the molecule is CC(C)NC(=O)CCC(C(=O)OC(C)C)N(C(C)C)C(C)C. The number of rotatable bonds is 9. The van der Waals surface area contributed by atoms with Crippen molar-refractivity contribution in [2.24, 2.45) is 0 Å². The van der Waals surface area contributed by atoms with Crippen molar-refractivity contribution >= 4 is 11.9 Å². The minimum absolute atomic E-state index is 0.0233. The van der Waals surface area contributed by atoms with Crippen LogP contribution in [0, 0.1) is 0 Å². The fourth-order valence-electron chi connectivity index (χ4n) is 2.68. The van der Waals surface area contributed by atoms with Crippen LogP contribution in [-0.4, -0.2) is 47.0 Å². The highest BCUT2D eigenvalue weighted by Gasteiger charge is 2.32. The number of hydrogen-bond acceptors (Lipinski definition) is 4. The maximum absolute atomic E-state index is 12.4. The van der Waals surface area contributed by atoms with Crippen LogP contribution in [-0.2, 0) is 14.3 Å². The summed E-state index contributed by atoms with van der Waals surface area (Å²) in [5.41, 5.74) is 0. The average molecular weight is 314 g/mol. The summed E-state index contributed by atoms with van der Waals surface area (Å²) in [6.07, 6.45) is 0.646. The quantitative estimate of drug-likeness (QED) is 0.665. The molecular formula is C17H34N2O3. The molecule has 0 spiro atoms. The van der Waals surface area contributed by atoms with Gasteiger partial charge in [-0.25, -0.2) is 0 Å². The molecule has 0 aliphatic heterocycles. The van der Waals surface area contributed by atoms with E-state index in [0.29, 0.717) is 12.8 Å². The number of carbonyl (C=O) groups excluding carboxylic acids is 2. The summed E-state index contributed by atoms with van der Waals surface area (Å²) in [7, 11) is 0. The second-order valence-electron chi connectivity index (χ2n) is 6.90. The molecule has 1 N–H and O–H groups in total. The molecule has 0 heterocycles. The number of esters is 1. The zero-order valence-corrected chi connectivity index (χ0v) is 15.5. The predicted octanol–water partition coefficient (Wildman–Crippen LogP) is 2.73. The van der Waals surface area contributed by atoms with Crippen molar-refractivity contribution in [3.63, 3.8) is 0 Å². The van der Waals surface area contributed by atoms with Gasteiger partial charge >= 0.3 is 5.97 Å². The van der Waals surface area contributed by atoms with Gasteiger partial charge in [0.05, 0.1) is 6.10 Å². The largest absolute Gasteiger partial charge is 0.462 e. The Balaban J connectivity index is 5.00. The van der Waals surface area contributed by atoms with Gasteiger partial charge in [-0.2, -0.15) is 0 Å². The second-order valence-corrected chi connectivity index (χ2v) is 6.90. The van der Waals surface area contributed by atoms with Crippen LogP contribution in [0.1, 0.15) is 68.2 Å². The Morgan fingerprint density at radius 3 is 1.82 bits per heavy atom. The summed E-state index contributed by atoms with van der Waals surface area (Å²) in [5.74, 6) is -0.264. The van der Waals surface area contributed by atoms with Crippen LogP contribution < -0.4 is 5.32 Å². The van der Waals surface area contributed by atoms with E-state index in [9.17, 15) is 9.59 Å². The Morgan fingerprint density at radius 2 is 1.45 bits per heavy atom. The fourth-order valence-corrected chi connectivity index (χ4v) is 2.68. The highest BCUT2D eigenvalue weighted by molar-refractivity contribution is 5.79. The number of nitrogens with one attached hydrogen (secondary N) is 1. The lowest BCUT2D eigenvalue weighted by Gasteiger charge is -2.37. The molecule has 0 aromatic rings. The van der Waals surface area contributed by atoms with Crippen molar-refractivity contribution in [1.82, 2.24) is 10.2 Å². The Kier molecular flexibility index (Phi) is 9.33. The van der Waals surface area contributed by atoms with Gasteiger partial charge in [0.15, 0.2) is 0 Å². The Labute approximate surface area is 135 Å². The topological polar surface area (TPSA) is 58.6 Å². The maximum Gasteiger partial charge on any atom is 0.323 e. The second kappa shape index (κ2) is 9.82. The molecule has 22 heavy (non-hydrogen) atoms. The van der Waals surface area contributed by atoms with Crippen LogP contribution in [0.4, 0.5) is 0 Å². The van der Waals surface area contributed by atoms with Gasteiger partial charge in [-0.3, -0.25) is 14.5 Å². The third kappa shape index (κ3) is 7.78. The van der Waals surface area contributed by atoms with Gasteiger partial charge in [-0.15, -0.1) is 0 Å². The summed E-state index contributed by atoms with van der Waals surface area (Å²) < 4.78 is 5.39. The summed E-state index contributed by atoms with van der Waals surface area (Å²) in [6, 6.07) is 0.135. The number of hydrogen-bond donors (Lipinski definition) is 1. The molecule has 0 aliphatic rings. The summed E-state index contributed by atoms with van der Waals surface area (Å²) >= 11 is 0. The van der Waals surface area contributed by atoms with Gasteiger partial charge in [0.1, 0.15) is 6.04 Å². The molecule has 1 atom stereocenters. The molecule has 1 amide bonds. The molecule has 0 aliphatic carbocycles. The monoisotopic (exact) mass is 314 g/mol. The van der Waals surface area contributed by atoms with E-state index in [1.54, 1.807) is 0 Å². The lowest BCUT2D eigenvalue weighted by Crippen LogP contribution is -2.50. The van der Waals surface area contributed by atoms with Crippen molar-refractivity contribution < 1.29 is 14.3 Å². The molecule has 5 nitrogen and oxygen atoms in total. The minimum Gasteiger partial charge on any atom is -0.462 e. The van der Waals surface area contributed by atoms with Gasteiger partial charge in [0, 0.05) is 24.5 Å². The van der Waals surface area contributed by atoms with Gasteiger partial charge in [0.2, 0.25) is 5.91 Å². The first kappa shape index (κ1) is 20.9. The predicted molar refractivity (Wildman–Crippen MR) is 89.6 cm³/mol. The minimum atomic E-state index is -0.389. The molecule has 0 saturated heterocycles. The molecular weight excluding hydrogens is 280 g/mol. The van der Waals surface area contributed by atoms with Crippen molar-refractivity contribution in [3.8, 4) is 0 Å². The van der Waals surface area contributed by atoms with Crippen LogP contribution in [0.3, 0.4) is 0 Å². The normalized spacial score (nSPS) is 13.3. The van der Waals surface area contributed by atoms with Gasteiger partial charge in [-0.05, 0) is 61.8 Å². The molecule has 0 saturated carbocycles. The molecule has 0 aromatic carbocycles. The maximum atomic E-state index is 12.4. The highest BCUT2D eigenvalue weighted by atomic mass is 16.5. The zero-order chi connectivity index (χ0) is 17.4. The van der Waals surface area contributed by atoms with Crippen LogP contribution in [0.15, 0.2) is 0 Å². The Morgan fingerprint density at radius 1 is 0.955 bits per heavy atom. The van der Waals surface area contributed by atoms with E-state index in [4.69, 9.17) is 4.74 Å². The van der Waals surface area contributed by atoms with E-state index in [1.165, 1.54) is 0 Å². The molecule has 5 heteroatoms. The Bertz CT molecular complexity index is 344.